The van der Waals surface area contributed by atoms with E-state index < -0.39 is 5.60 Å². The highest BCUT2D eigenvalue weighted by molar-refractivity contribution is 5.89. The lowest BCUT2D eigenvalue weighted by Gasteiger charge is -2.42. The second kappa shape index (κ2) is 7.79. The van der Waals surface area contributed by atoms with E-state index in [9.17, 15) is 4.79 Å². The van der Waals surface area contributed by atoms with Gasteiger partial charge in [0.25, 0.3) is 5.91 Å². The van der Waals surface area contributed by atoms with Crippen molar-refractivity contribution in [1.29, 1.82) is 0 Å². The van der Waals surface area contributed by atoms with Crippen LogP contribution in [0.25, 0.3) is 0 Å². The summed E-state index contributed by atoms with van der Waals surface area (Å²) in [7, 11) is 0. The van der Waals surface area contributed by atoms with E-state index in [1.807, 2.05) is 22.0 Å². The van der Waals surface area contributed by atoms with Crippen molar-refractivity contribution < 1.29 is 14.3 Å². The largest absolute Gasteiger partial charge is 0.373 e. The second-order valence-electron chi connectivity index (χ2n) is 8.90. The van der Waals surface area contributed by atoms with Crippen molar-refractivity contribution in [2.75, 3.05) is 0 Å². The number of carbonyl (C=O) groups is 1. The van der Waals surface area contributed by atoms with Crippen LogP contribution < -0.4 is 0 Å². The van der Waals surface area contributed by atoms with Gasteiger partial charge in [0.05, 0.1) is 37.0 Å². The van der Waals surface area contributed by atoms with E-state index >= 15 is 0 Å². The first-order chi connectivity index (χ1) is 15.7. The molecule has 6 rings (SSSR count). The molecule has 2 saturated heterocycles. The van der Waals surface area contributed by atoms with Crippen LogP contribution in [-0.4, -0.2) is 48.3 Å². The van der Waals surface area contributed by atoms with Gasteiger partial charge in [0.1, 0.15) is 6.23 Å². The first kappa shape index (κ1) is 19.6. The number of hydrogen-bond donors (Lipinski definition) is 0. The van der Waals surface area contributed by atoms with E-state index in [0.717, 1.165) is 30.6 Å². The average Bonchev–Trinajstić information content (AvgIpc) is 3.51. The lowest BCUT2D eigenvalue weighted by atomic mass is 9.76. The molecule has 32 heavy (non-hydrogen) atoms. The summed E-state index contributed by atoms with van der Waals surface area (Å²) < 4.78 is 14.4. The molecule has 0 N–H and O–H groups in total. The average molecular weight is 431 g/mol. The Kier molecular flexibility index (Phi) is 4.77. The Balaban J connectivity index is 1.03. The van der Waals surface area contributed by atoms with Crippen molar-refractivity contribution in [2.45, 2.75) is 62.8 Å². The van der Waals surface area contributed by atoms with E-state index in [4.69, 9.17) is 9.47 Å². The molecule has 2 aliphatic heterocycles. The molecule has 4 heterocycles. The van der Waals surface area contributed by atoms with Gasteiger partial charge in [-0.3, -0.25) is 14.8 Å². The number of nitrogens with zero attached hydrogens (tertiary/aromatic N) is 5. The molecule has 164 valence electrons. The first-order valence-electron chi connectivity index (χ1n) is 11.1. The van der Waals surface area contributed by atoms with E-state index in [0.29, 0.717) is 19.4 Å². The number of hydrogen-bond acceptors (Lipinski definition) is 6. The Labute approximate surface area is 186 Å². The van der Waals surface area contributed by atoms with Crippen LogP contribution in [0.15, 0.2) is 61.6 Å². The van der Waals surface area contributed by atoms with Crippen LogP contribution in [0, 0.1) is 0 Å². The molecule has 1 aliphatic carbocycles. The minimum absolute atomic E-state index is 0.0404. The smallest absolute Gasteiger partial charge is 0.257 e. The molecular formula is C24H25N5O3. The summed E-state index contributed by atoms with van der Waals surface area (Å²) in [6, 6.07) is 8.39. The summed E-state index contributed by atoms with van der Waals surface area (Å²) in [5.41, 5.74) is 2.47. The van der Waals surface area contributed by atoms with Crippen molar-refractivity contribution in [2.24, 2.45) is 0 Å². The lowest BCUT2D eigenvalue weighted by Crippen LogP contribution is -2.54. The van der Waals surface area contributed by atoms with Gasteiger partial charge in [0.2, 0.25) is 0 Å². The highest BCUT2D eigenvalue weighted by Gasteiger charge is 2.63. The van der Waals surface area contributed by atoms with Gasteiger partial charge in [-0.1, -0.05) is 24.3 Å². The summed E-state index contributed by atoms with van der Waals surface area (Å²) in [5.74, 6) is 0.0827. The Morgan fingerprint density at radius 2 is 1.91 bits per heavy atom. The number of ether oxygens (including phenoxy) is 2. The van der Waals surface area contributed by atoms with Crippen molar-refractivity contribution in [3.63, 3.8) is 0 Å². The number of fused-ring (bicyclic) bond motifs is 1. The Hall–Kier alpha value is -3.10. The van der Waals surface area contributed by atoms with Crippen molar-refractivity contribution >= 4 is 5.91 Å². The monoisotopic (exact) mass is 431 g/mol. The van der Waals surface area contributed by atoms with Gasteiger partial charge >= 0.3 is 0 Å². The molecule has 3 aliphatic rings. The topological polar surface area (TPSA) is 82.4 Å². The molecule has 1 amide bonds. The van der Waals surface area contributed by atoms with Gasteiger partial charge in [0.15, 0.2) is 5.60 Å². The second-order valence-corrected chi connectivity index (χ2v) is 8.90. The molecule has 8 heteroatoms. The summed E-state index contributed by atoms with van der Waals surface area (Å²) in [5, 5.41) is 0. The lowest BCUT2D eigenvalue weighted by molar-refractivity contribution is -0.177. The Morgan fingerprint density at radius 1 is 1.06 bits per heavy atom. The third-order valence-corrected chi connectivity index (χ3v) is 6.79. The van der Waals surface area contributed by atoms with Gasteiger partial charge in [-0.25, -0.2) is 4.98 Å². The summed E-state index contributed by atoms with van der Waals surface area (Å²) >= 11 is 0. The number of amides is 1. The molecule has 1 spiro atoms. The number of imidazole rings is 1. The van der Waals surface area contributed by atoms with Crippen LogP contribution in [0.3, 0.4) is 0 Å². The fourth-order valence-corrected chi connectivity index (χ4v) is 5.10. The van der Waals surface area contributed by atoms with Gasteiger partial charge in [-0.15, -0.1) is 0 Å². The quantitative estimate of drug-likeness (QED) is 0.597. The highest BCUT2D eigenvalue weighted by atomic mass is 16.6. The number of benzene rings is 1. The van der Waals surface area contributed by atoms with E-state index in [1.165, 1.54) is 5.56 Å². The zero-order chi connectivity index (χ0) is 21.5. The maximum absolute atomic E-state index is 13.3. The van der Waals surface area contributed by atoms with Crippen LogP contribution in [0.1, 0.15) is 48.5 Å². The molecule has 3 aromatic rings. The van der Waals surface area contributed by atoms with E-state index in [1.54, 1.807) is 24.8 Å². The van der Waals surface area contributed by atoms with Gasteiger partial charge in [-0.05, 0) is 24.0 Å². The van der Waals surface area contributed by atoms with Crippen molar-refractivity contribution in [1.82, 2.24) is 24.4 Å². The zero-order valence-corrected chi connectivity index (χ0v) is 17.7. The fourth-order valence-electron chi connectivity index (χ4n) is 5.10. The number of carbonyl (C=O) groups excluding carboxylic acids is 1. The molecule has 8 nitrogen and oxygen atoms in total. The summed E-state index contributed by atoms with van der Waals surface area (Å²) in [4.78, 5) is 27.8. The normalized spacial score (nSPS) is 28.8. The van der Waals surface area contributed by atoms with Gasteiger partial charge in [0, 0.05) is 44.2 Å². The van der Waals surface area contributed by atoms with Crippen LogP contribution >= 0.6 is 0 Å². The Morgan fingerprint density at radius 3 is 2.66 bits per heavy atom. The predicted molar refractivity (Wildman–Crippen MR) is 114 cm³/mol. The maximum Gasteiger partial charge on any atom is 0.257 e. The van der Waals surface area contributed by atoms with Crippen molar-refractivity contribution in [3.8, 4) is 0 Å². The van der Waals surface area contributed by atoms with Crippen LogP contribution in [0.4, 0.5) is 0 Å². The summed E-state index contributed by atoms with van der Waals surface area (Å²) in [6.45, 7) is 1.34. The Bertz CT molecular complexity index is 1080. The third kappa shape index (κ3) is 3.40. The highest BCUT2D eigenvalue weighted by Crippen LogP contribution is 2.51. The minimum atomic E-state index is -0.717. The minimum Gasteiger partial charge on any atom is -0.373 e. The van der Waals surface area contributed by atoms with Gasteiger partial charge < -0.3 is 18.9 Å². The molecular weight excluding hydrogens is 406 g/mol. The molecule has 3 fully saturated rings. The predicted octanol–water partition coefficient (Wildman–Crippen LogP) is 2.86. The molecule has 2 aromatic heterocycles. The van der Waals surface area contributed by atoms with Gasteiger partial charge in [-0.2, -0.15) is 0 Å². The van der Waals surface area contributed by atoms with E-state index in [2.05, 4.69) is 39.2 Å². The molecule has 2 atom stereocenters. The standard InChI is InChI=1S/C24H25N5O3/c30-23-24(32-22-6-5-21(29(22)23)20-13-25-7-8-27-20)11-19(12-24)31-15-18-3-1-17(2-4-18)14-28-10-9-26-16-28/h1-4,7-10,13,16,19,21-22H,5-6,11-12,14-15H2/t19?,21-,22?,24?/m0/s1. The molecule has 0 bridgehead atoms. The van der Waals surface area contributed by atoms with E-state index in [-0.39, 0.29) is 24.3 Å². The van der Waals surface area contributed by atoms with Crippen LogP contribution in [0.2, 0.25) is 0 Å². The fraction of sp³-hybridized carbons (Fsp3) is 0.417. The molecule has 0 radical (unpaired) electrons. The maximum atomic E-state index is 13.3. The number of aromatic nitrogens is 4. The SMILES string of the molecule is O=C1N2C(CC[C@H]2c2cnccn2)OC12CC(OCc1ccc(Cn3ccnc3)cc1)C2. The first-order valence-corrected chi connectivity index (χ1v) is 11.1. The van der Waals surface area contributed by atoms with Crippen LogP contribution in [0.5, 0.6) is 0 Å². The van der Waals surface area contributed by atoms with Crippen molar-refractivity contribution in [3.05, 3.63) is 78.4 Å². The zero-order valence-electron chi connectivity index (χ0n) is 17.7. The van der Waals surface area contributed by atoms with Crippen LogP contribution in [-0.2, 0) is 27.4 Å². The molecule has 1 saturated carbocycles. The molecule has 1 unspecified atom stereocenters. The summed E-state index contributed by atoms with van der Waals surface area (Å²) in [6.07, 6.45) is 13.5. The molecule has 1 aromatic carbocycles. The number of rotatable bonds is 6. The third-order valence-electron chi connectivity index (χ3n) is 6.79.